The van der Waals surface area contributed by atoms with E-state index in [1.54, 1.807) is 6.08 Å². The van der Waals surface area contributed by atoms with Crippen LogP contribution in [-0.2, 0) is 7.05 Å². The molecule has 0 aromatic carbocycles. The first-order valence-corrected chi connectivity index (χ1v) is 8.42. The molecular weight excluding hydrogens is 278 g/mol. The molecule has 0 N–H and O–H groups in total. The van der Waals surface area contributed by atoms with E-state index in [0.29, 0.717) is 0 Å². The number of hydrogen-bond acceptors (Lipinski definition) is 0. The summed E-state index contributed by atoms with van der Waals surface area (Å²) < 4.78 is 2.12. The van der Waals surface area contributed by atoms with Gasteiger partial charge in [0.15, 0.2) is 0 Å². The van der Waals surface area contributed by atoms with Crippen LogP contribution in [0.15, 0.2) is 38.0 Å². The minimum Gasteiger partial charge on any atom is -0.344 e. The monoisotopic (exact) mass is 315 g/mol. The highest BCUT2D eigenvalue weighted by Gasteiger charge is 2.12. The third-order valence-electron chi connectivity index (χ3n) is 2.62. The predicted octanol–water partition coefficient (Wildman–Crippen LogP) is 7.62. The van der Waals surface area contributed by atoms with Crippen LogP contribution in [0.4, 0.5) is 0 Å². The number of aromatic nitrogens is 1. The van der Waals surface area contributed by atoms with Gasteiger partial charge in [-0.1, -0.05) is 71.2 Å². The highest BCUT2D eigenvalue weighted by molar-refractivity contribution is 5.78. The molecule has 0 spiro atoms. The largest absolute Gasteiger partial charge is 0.344 e. The summed E-state index contributed by atoms with van der Waals surface area (Å²) in [6.45, 7) is 25.0. The van der Waals surface area contributed by atoms with Gasteiger partial charge < -0.3 is 4.57 Å². The second kappa shape index (κ2) is 18.0. The van der Waals surface area contributed by atoms with Crippen molar-refractivity contribution in [1.82, 2.24) is 4.57 Å². The van der Waals surface area contributed by atoms with E-state index in [2.05, 4.69) is 36.5 Å². The summed E-state index contributed by atoms with van der Waals surface area (Å²) in [7, 11) is 2.04. The molecule has 0 bridgehead atoms. The first-order chi connectivity index (χ1) is 11.1. The van der Waals surface area contributed by atoms with Gasteiger partial charge in [0.05, 0.1) is 0 Å². The molecule has 0 amide bonds. The van der Waals surface area contributed by atoms with E-state index in [1.165, 1.54) is 11.1 Å². The fourth-order valence-corrected chi connectivity index (χ4v) is 1.94. The van der Waals surface area contributed by atoms with Crippen LogP contribution in [-0.4, -0.2) is 4.57 Å². The van der Waals surface area contributed by atoms with Crippen LogP contribution >= 0.6 is 0 Å². The Bertz CT molecular complexity index is 455. The molecule has 1 rings (SSSR count). The lowest BCUT2D eigenvalue weighted by atomic mass is 10.1. The number of allylic oxidation sites excluding steroid dienone is 3. The standard InChI is InChI=1S/C15H19N.C3H6.2C2H6/c1-6-10-12-13(11-7-2)15(9-4)16(5)14(12)8-3;1-3-2;2*1-2/h6-11H,3-4H2,1-2,5H3;3H,1H2,2H3;2*1-2H3/b10-6-,11-7-;;;. The Balaban J connectivity index is -0.000000496. The Labute approximate surface area is 145 Å². The zero-order valence-corrected chi connectivity index (χ0v) is 16.6. The predicted molar refractivity (Wildman–Crippen MR) is 114 cm³/mol. The van der Waals surface area contributed by atoms with Crippen molar-refractivity contribution in [2.24, 2.45) is 7.05 Å². The zero-order chi connectivity index (χ0) is 18.8. The van der Waals surface area contributed by atoms with E-state index in [0.717, 1.165) is 11.4 Å². The Morgan fingerprint density at radius 1 is 0.696 bits per heavy atom. The van der Waals surface area contributed by atoms with Gasteiger partial charge in [0, 0.05) is 29.6 Å². The second-order valence-corrected chi connectivity index (χ2v) is 3.97. The molecule has 1 aromatic rings. The lowest BCUT2D eigenvalue weighted by Gasteiger charge is -2.00. The smallest absolute Gasteiger partial charge is 0.0482 e. The third kappa shape index (κ3) is 8.25. The van der Waals surface area contributed by atoms with Crippen molar-refractivity contribution in [2.45, 2.75) is 48.5 Å². The summed E-state index contributed by atoms with van der Waals surface area (Å²) >= 11 is 0. The molecule has 23 heavy (non-hydrogen) atoms. The van der Waals surface area contributed by atoms with E-state index in [9.17, 15) is 0 Å². The molecule has 0 radical (unpaired) electrons. The van der Waals surface area contributed by atoms with E-state index >= 15 is 0 Å². The maximum atomic E-state index is 3.87. The molecule has 0 aliphatic heterocycles. The zero-order valence-electron chi connectivity index (χ0n) is 16.6. The van der Waals surface area contributed by atoms with Crippen LogP contribution in [0, 0.1) is 0 Å². The summed E-state index contributed by atoms with van der Waals surface area (Å²) in [5, 5.41) is 0. The van der Waals surface area contributed by atoms with Crippen LogP contribution in [0.25, 0.3) is 24.3 Å². The van der Waals surface area contributed by atoms with Crippen molar-refractivity contribution < 1.29 is 0 Å². The maximum absolute atomic E-state index is 3.87. The minimum atomic E-state index is 1.13. The normalized spacial score (nSPS) is 9.04. The number of nitrogens with zero attached hydrogens (tertiary/aromatic N) is 1. The third-order valence-corrected chi connectivity index (χ3v) is 2.62. The summed E-state index contributed by atoms with van der Waals surface area (Å²) in [5.74, 6) is 0. The fourth-order valence-electron chi connectivity index (χ4n) is 1.94. The van der Waals surface area contributed by atoms with E-state index in [4.69, 9.17) is 0 Å². The number of rotatable bonds is 4. The first-order valence-electron chi connectivity index (χ1n) is 8.42. The molecule has 0 aliphatic carbocycles. The average Bonchev–Trinajstić information content (AvgIpc) is 2.83. The van der Waals surface area contributed by atoms with Crippen molar-refractivity contribution in [3.8, 4) is 0 Å². The average molecular weight is 316 g/mol. The van der Waals surface area contributed by atoms with Gasteiger partial charge in [0.25, 0.3) is 0 Å². The topological polar surface area (TPSA) is 4.93 Å². The highest BCUT2D eigenvalue weighted by Crippen LogP contribution is 2.27. The molecule has 0 unspecified atom stereocenters. The lowest BCUT2D eigenvalue weighted by molar-refractivity contribution is 0.901. The molecule has 1 aromatic heterocycles. The van der Waals surface area contributed by atoms with Crippen LogP contribution < -0.4 is 0 Å². The Morgan fingerprint density at radius 3 is 1.13 bits per heavy atom. The van der Waals surface area contributed by atoms with Crippen molar-refractivity contribution in [3.05, 3.63) is 60.5 Å². The van der Waals surface area contributed by atoms with Crippen molar-refractivity contribution in [1.29, 1.82) is 0 Å². The van der Waals surface area contributed by atoms with Gasteiger partial charge >= 0.3 is 0 Å². The molecule has 130 valence electrons. The van der Waals surface area contributed by atoms with Crippen molar-refractivity contribution in [3.63, 3.8) is 0 Å². The molecule has 1 heteroatoms. The lowest BCUT2D eigenvalue weighted by Crippen LogP contribution is -1.93. The molecular formula is C22H37N. The molecule has 0 atom stereocenters. The van der Waals surface area contributed by atoms with E-state index in [1.807, 2.05) is 79.8 Å². The van der Waals surface area contributed by atoms with Crippen LogP contribution in [0.5, 0.6) is 0 Å². The molecule has 1 heterocycles. The fraction of sp³-hybridized carbons (Fsp3) is 0.364. The van der Waals surface area contributed by atoms with Gasteiger partial charge in [0.2, 0.25) is 0 Å². The van der Waals surface area contributed by atoms with Crippen molar-refractivity contribution >= 4 is 24.3 Å². The highest BCUT2D eigenvalue weighted by atomic mass is 15.0. The van der Waals surface area contributed by atoms with Gasteiger partial charge in [-0.2, -0.15) is 0 Å². The van der Waals surface area contributed by atoms with Crippen LogP contribution in [0.1, 0.15) is 71.0 Å². The molecule has 1 nitrogen and oxygen atoms in total. The summed E-state index contributed by atoms with van der Waals surface area (Å²) in [6, 6.07) is 0. The Morgan fingerprint density at radius 2 is 0.957 bits per heavy atom. The molecule has 0 saturated carbocycles. The molecule has 0 saturated heterocycles. The SMILES string of the molecule is C=CC.C=Cc1c(/C=C\C)c(/C=C\C)c(C=C)n1C.CC.CC. The summed E-state index contributed by atoms with van der Waals surface area (Å²) in [5.41, 5.74) is 4.66. The van der Waals surface area contributed by atoms with E-state index in [-0.39, 0.29) is 0 Å². The van der Waals surface area contributed by atoms with Gasteiger partial charge in [-0.25, -0.2) is 0 Å². The van der Waals surface area contributed by atoms with E-state index < -0.39 is 0 Å². The molecule has 0 aliphatic rings. The van der Waals surface area contributed by atoms with Gasteiger partial charge in [-0.15, -0.1) is 6.58 Å². The number of hydrogen-bond donors (Lipinski definition) is 0. The second-order valence-electron chi connectivity index (χ2n) is 3.97. The van der Waals surface area contributed by atoms with Gasteiger partial charge in [-0.05, 0) is 32.9 Å². The Hall–Kier alpha value is -2.02. The Kier molecular flexibility index (Phi) is 20.3. The summed E-state index contributed by atoms with van der Waals surface area (Å²) in [6.07, 6.45) is 13.8. The quantitative estimate of drug-likeness (QED) is 0.503. The first kappa shape index (κ1) is 25.9. The van der Waals surface area contributed by atoms with Gasteiger partial charge in [-0.3, -0.25) is 0 Å². The maximum Gasteiger partial charge on any atom is 0.0482 e. The van der Waals surface area contributed by atoms with Crippen LogP contribution in [0.3, 0.4) is 0 Å². The summed E-state index contributed by atoms with van der Waals surface area (Å²) in [4.78, 5) is 0. The minimum absolute atomic E-state index is 1.13. The van der Waals surface area contributed by atoms with Gasteiger partial charge in [0.1, 0.15) is 0 Å². The van der Waals surface area contributed by atoms with Crippen LogP contribution in [0.2, 0.25) is 0 Å². The molecule has 0 fully saturated rings. The van der Waals surface area contributed by atoms with Crippen molar-refractivity contribution in [2.75, 3.05) is 0 Å².